The van der Waals surface area contributed by atoms with E-state index >= 15 is 0 Å². The zero-order valence-corrected chi connectivity index (χ0v) is 10.3. The zero-order chi connectivity index (χ0) is 12.8. The van der Waals surface area contributed by atoms with Crippen LogP contribution < -0.4 is 0 Å². The second-order valence-corrected chi connectivity index (χ2v) is 4.34. The molecule has 0 aliphatic heterocycles. The van der Waals surface area contributed by atoms with Gasteiger partial charge in [0.25, 0.3) is 5.91 Å². The first-order valence-corrected chi connectivity index (χ1v) is 5.54. The number of carbonyl (C=O) groups excluding carboxylic acids is 2. The van der Waals surface area contributed by atoms with E-state index in [1.54, 1.807) is 7.05 Å². The molecule has 1 atom stereocenters. The van der Waals surface area contributed by atoms with E-state index in [1.165, 1.54) is 23.5 Å². The first-order chi connectivity index (χ1) is 8.06. The third-order valence-electron chi connectivity index (χ3n) is 2.47. The highest BCUT2D eigenvalue weighted by atomic mass is 16.2. The second-order valence-electron chi connectivity index (χ2n) is 4.34. The summed E-state index contributed by atoms with van der Waals surface area (Å²) in [6, 6.07) is -0.412. The number of aldehydes is 1. The molecule has 0 unspecified atom stereocenters. The van der Waals surface area contributed by atoms with Gasteiger partial charge in [0, 0.05) is 19.4 Å². The topological polar surface area (TPSA) is 63.2 Å². The lowest BCUT2D eigenvalue weighted by molar-refractivity contribution is -0.111. The van der Waals surface area contributed by atoms with Crippen molar-refractivity contribution >= 4 is 12.2 Å². The number of aromatic nitrogens is 2. The third-order valence-corrected chi connectivity index (χ3v) is 2.47. The van der Waals surface area contributed by atoms with Crippen molar-refractivity contribution in [3.05, 3.63) is 24.3 Å². The molecule has 0 saturated carbocycles. The van der Waals surface area contributed by atoms with Gasteiger partial charge in [-0.05, 0) is 12.3 Å². The fourth-order valence-corrected chi connectivity index (χ4v) is 1.53. The largest absolute Gasteiger partial charge is 0.331 e. The summed E-state index contributed by atoms with van der Waals surface area (Å²) in [7, 11) is 1.61. The van der Waals surface area contributed by atoms with Crippen molar-refractivity contribution in [1.82, 2.24) is 14.9 Å². The van der Waals surface area contributed by atoms with Crippen LogP contribution in [0.3, 0.4) is 0 Å². The second kappa shape index (κ2) is 6.08. The number of carbonyl (C=O) groups is 2. The maximum atomic E-state index is 12.0. The van der Waals surface area contributed by atoms with Gasteiger partial charge < -0.3 is 9.69 Å². The minimum absolute atomic E-state index is 0.255. The van der Waals surface area contributed by atoms with Gasteiger partial charge in [0.1, 0.15) is 12.0 Å². The summed E-state index contributed by atoms with van der Waals surface area (Å²) in [6.07, 6.45) is 5.80. The van der Waals surface area contributed by atoms with E-state index in [2.05, 4.69) is 9.97 Å². The Morgan fingerprint density at radius 2 is 2.18 bits per heavy atom. The number of hydrogen-bond donors (Lipinski definition) is 0. The van der Waals surface area contributed by atoms with E-state index in [0.29, 0.717) is 12.3 Å². The molecule has 17 heavy (non-hydrogen) atoms. The van der Waals surface area contributed by atoms with Crippen molar-refractivity contribution in [2.24, 2.45) is 5.92 Å². The van der Waals surface area contributed by atoms with Crippen LogP contribution in [0.25, 0.3) is 0 Å². The molecule has 1 rings (SSSR count). The Labute approximate surface area is 101 Å². The smallest absolute Gasteiger partial charge is 0.274 e. The van der Waals surface area contributed by atoms with E-state index in [-0.39, 0.29) is 11.6 Å². The average molecular weight is 235 g/mol. The first-order valence-electron chi connectivity index (χ1n) is 5.54. The van der Waals surface area contributed by atoms with Crippen molar-refractivity contribution in [3.8, 4) is 0 Å². The maximum Gasteiger partial charge on any atom is 0.274 e. The van der Waals surface area contributed by atoms with E-state index in [1.807, 2.05) is 13.8 Å². The molecule has 0 bridgehead atoms. The van der Waals surface area contributed by atoms with Crippen molar-refractivity contribution < 1.29 is 9.59 Å². The van der Waals surface area contributed by atoms with Gasteiger partial charge in [-0.1, -0.05) is 13.8 Å². The highest BCUT2D eigenvalue weighted by Gasteiger charge is 2.22. The van der Waals surface area contributed by atoms with Crippen LogP contribution in [0.2, 0.25) is 0 Å². The lowest BCUT2D eigenvalue weighted by atomic mass is 10.0. The summed E-state index contributed by atoms with van der Waals surface area (Å²) >= 11 is 0. The number of likely N-dealkylation sites (N-methyl/N-ethyl adjacent to an activating group) is 1. The van der Waals surface area contributed by atoms with Crippen LogP contribution in [0.1, 0.15) is 30.8 Å². The molecule has 1 heterocycles. The quantitative estimate of drug-likeness (QED) is 0.718. The van der Waals surface area contributed by atoms with Crippen molar-refractivity contribution in [2.45, 2.75) is 26.3 Å². The minimum Gasteiger partial charge on any atom is -0.331 e. The molecule has 0 saturated heterocycles. The van der Waals surface area contributed by atoms with Crippen LogP contribution >= 0.6 is 0 Å². The van der Waals surface area contributed by atoms with E-state index < -0.39 is 6.04 Å². The third kappa shape index (κ3) is 3.62. The molecule has 1 aromatic rings. The van der Waals surface area contributed by atoms with Crippen LogP contribution in [0.5, 0.6) is 0 Å². The maximum absolute atomic E-state index is 12.0. The summed E-state index contributed by atoms with van der Waals surface area (Å²) in [6.45, 7) is 4.02. The fraction of sp³-hybridized carbons (Fsp3) is 0.500. The van der Waals surface area contributed by atoms with Crippen molar-refractivity contribution in [1.29, 1.82) is 0 Å². The fourth-order valence-electron chi connectivity index (χ4n) is 1.53. The predicted octanol–water partition coefficient (Wildman–Crippen LogP) is 1.16. The highest BCUT2D eigenvalue weighted by molar-refractivity contribution is 5.93. The van der Waals surface area contributed by atoms with Crippen molar-refractivity contribution in [2.75, 3.05) is 7.05 Å². The molecule has 5 heteroatoms. The molecular formula is C12H17N3O2. The SMILES string of the molecule is CC(C)C[C@@H](C=O)N(C)C(=O)c1cnccn1. The monoisotopic (exact) mass is 235 g/mol. The lowest BCUT2D eigenvalue weighted by Gasteiger charge is -2.24. The Morgan fingerprint density at radius 3 is 2.65 bits per heavy atom. The predicted molar refractivity (Wildman–Crippen MR) is 63.4 cm³/mol. The molecule has 1 amide bonds. The molecule has 1 aromatic heterocycles. The Balaban J connectivity index is 2.78. The van der Waals surface area contributed by atoms with Gasteiger partial charge in [-0.25, -0.2) is 4.98 Å². The molecular weight excluding hydrogens is 218 g/mol. The molecule has 5 nitrogen and oxygen atoms in total. The van der Waals surface area contributed by atoms with Crippen LogP contribution in [-0.2, 0) is 4.79 Å². The summed E-state index contributed by atoms with van der Waals surface area (Å²) in [5, 5.41) is 0. The zero-order valence-electron chi connectivity index (χ0n) is 10.3. The van der Waals surface area contributed by atoms with Crippen molar-refractivity contribution in [3.63, 3.8) is 0 Å². The molecule has 0 fully saturated rings. The average Bonchev–Trinajstić information content (AvgIpc) is 2.35. The first kappa shape index (κ1) is 13.3. The Morgan fingerprint density at radius 1 is 1.47 bits per heavy atom. The van der Waals surface area contributed by atoms with E-state index in [4.69, 9.17) is 0 Å². The van der Waals surface area contributed by atoms with Gasteiger partial charge in [0.15, 0.2) is 0 Å². The lowest BCUT2D eigenvalue weighted by Crippen LogP contribution is -2.39. The van der Waals surface area contributed by atoms with Crippen LogP contribution in [0.4, 0.5) is 0 Å². The van der Waals surface area contributed by atoms with Gasteiger partial charge >= 0.3 is 0 Å². The highest BCUT2D eigenvalue weighted by Crippen LogP contribution is 2.10. The molecule has 92 valence electrons. The van der Waals surface area contributed by atoms with Crippen LogP contribution in [0, 0.1) is 5.92 Å². The van der Waals surface area contributed by atoms with Crippen LogP contribution in [0.15, 0.2) is 18.6 Å². The number of amides is 1. The summed E-state index contributed by atoms with van der Waals surface area (Å²) in [4.78, 5) is 32.2. The van der Waals surface area contributed by atoms with Gasteiger partial charge in [0.05, 0.1) is 12.2 Å². The van der Waals surface area contributed by atoms with Gasteiger partial charge in [0.2, 0.25) is 0 Å². The Bertz CT molecular complexity index is 379. The van der Waals surface area contributed by atoms with Gasteiger partial charge in [-0.15, -0.1) is 0 Å². The summed E-state index contributed by atoms with van der Waals surface area (Å²) in [5.41, 5.74) is 0.255. The number of nitrogens with zero attached hydrogens (tertiary/aromatic N) is 3. The molecule has 0 aliphatic rings. The Hall–Kier alpha value is -1.78. The molecule has 0 N–H and O–H groups in total. The Kier molecular flexibility index (Phi) is 4.75. The molecule has 0 aliphatic carbocycles. The normalized spacial score (nSPS) is 12.2. The summed E-state index contributed by atoms with van der Waals surface area (Å²) in [5.74, 6) is 0.0677. The number of rotatable bonds is 5. The standard InChI is InChI=1S/C12H17N3O2/c1-9(2)6-10(8-16)15(3)12(17)11-7-13-4-5-14-11/h4-5,7-10H,6H2,1-3H3/t10-/m0/s1. The van der Waals surface area contributed by atoms with E-state index in [0.717, 1.165) is 6.29 Å². The molecule has 0 spiro atoms. The summed E-state index contributed by atoms with van der Waals surface area (Å²) < 4.78 is 0. The van der Waals surface area contributed by atoms with E-state index in [9.17, 15) is 9.59 Å². The van der Waals surface area contributed by atoms with Gasteiger partial charge in [-0.3, -0.25) is 9.78 Å². The molecule has 0 aromatic carbocycles. The van der Waals surface area contributed by atoms with Crippen LogP contribution in [-0.4, -0.2) is 40.2 Å². The number of hydrogen-bond acceptors (Lipinski definition) is 4. The minimum atomic E-state index is -0.412. The van der Waals surface area contributed by atoms with Gasteiger partial charge in [-0.2, -0.15) is 0 Å². The molecule has 0 radical (unpaired) electrons.